The van der Waals surface area contributed by atoms with E-state index in [1.807, 2.05) is 19.1 Å². The molecule has 5 rings (SSSR count). The molecule has 0 unspecified atom stereocenters. The van der Waals surface area contributed by atoms with E-state index < -0.39 is 0 Å². The summed E-state index contributed by atoms with van der Waals surface area (Å²) < 4.78 is 16.6. The molecule has 170 valence electrons. The number of carbonyl (C=O) groups excluding carboxylic acids is 1. The van der Waals surface area contributed by atoms with E-state index in [1.54, 1.807) is 41.9 Å². The van der Waals surface area contributed by atoms with Crippen LogP contribution in [0.3, 0.4) is 0 Å². The summed E-state index contributed by atoms with van der Waals surface area (Å²) in [6.45, 7) is 5.73. The van der Waals surface area contributed by atoms with Crippen LogP contribution in [-0.2, 0) is 6.54 Å². The zero-order valence-electron chi connectivity index (χ0n) is 18.6. The number of carbonyl (C=O) groups is 1. The number of pyridine rings is 1. The first-order chi connectivity index (χ1) is 15.9. The Hall–Kier alpha value is -3.72. The molecule has 0 saturated carbocycles. The minimum atomic E-state index is -0.350. The summed E-state index contributed by atoms with van der Waals surface area (Å²) in [5.74, 6) is -0.549. The Kier molecular flexibility index (Phi) is 5.33. The number of piperazine rings is 1. The topological polar surface area (TPSA) is 85.7 Å². The Bertz CT molecular complexity index is 1420. The molecule has 0 aliphatic carbocycles. The number of rotatable bonds is 4. The molecule has 3 aromatic heterocycles. The monoisotopic (exact) mass is 448 g/mol. The van der Waals surface area contributed by atoms with E-state index in [-0.39, 0.29) is 17.3 Å². The van der Waals surface area contributed by atoms with Crippen LogP contribution in [0, 0.1) is 12.7 Å². The second kappa shape index (κ2) is 8.32. The van der Waals surface area contributed by atoms with Gasteiger partial charge in [0.05, 0.1) is 16.9 Å². The number of H-pyrrole nitrogens is 1. The zero-order valence-corrected chi connectivity index (χ0v) is 18.6. The van der Waals surface area contributed by atoms with Crippen LogP contribution in [0.2, 0.25) is 0 Å². The van der Waals surface area contributed by atoms with Gasteiger partial charge in [0.15, 0.2) is 0 Å². The quantitative estimate of drug-likeness (QED) is 0.501. The van der Waals surface area contributed by atoms with E-state index in [2.05, 4.69) is 25.1 Å². The average molecular weight is 449 g/mol. The summed E-state index contributed by atoms with van der Waals surface area (Å²) in [5.41, 5.74) is 4.15. The third-order valence-corrected chi connectivity index (χ3v) is 6.23. The molecule has 9 heteroatoms. The molecule has 1 saturated heterocycles. The number of anilines is 1. The number of nitrogens with zero attached hydrogens (tertiary/aromatic N) is 4. The molecule has 1 aromatic carbocycles. The van der Waals surface area contributed by atoms with Gasteiger partial charge in [-0.25, -0.2) is 9.37 Å². The summed E-state index contributed by atoms with van der Waals surface area (Å²) in [5, 5.41) is 2.59. The molecule has 1 fully saturated rings. The lowest BCUT2D eigenvalue weighted by molar-refractivity contribution is 0.0958. The minimum Gasteiger partial charge on any atom is -0.368 e. The second-order valence-corrected chi connectivity index (χ2v) is 8.33. The van der Waals surface area contributed by atoms with Crippen molar-refractivity contribution in [2.45, 2.75) is 13.5 Å². The number of aromatic amines is 1. The normalized spacial score (nSPS) is 14.8. The maximum Gasteiger partial charge on any atom is 0.272 e. The lowest BCUT2D eigenvalue weighted by Gasteiger charge is -2.36. The van der Waals surface area contributed by atoms with Crippen LogP contribution in [0.5, 0.6) is 0 Å². The van der Waals surface area contributed by atoms with E-state index in [9.17, 15) is 14.0 Å². The van der Waals surface area contributed by atoms with Crippen LogP contribution in [0.15, 0.2) is 47.4 Å². The van der Waals surface area contributed by atoms with Crippen molar-refractivity contribution >= 4 is 28.1 Å². The molecule has 0 bridgehead atoms. The highest BCUT2D eigenvalue weighted by atomic mass is 19.1. The number of benzene rings is 1. The van der Waals surface area contributed by atoms with Crippen molar-refractivity contribution in [3.05, 3.63) is 75.7 Å². The number of nitrogens with one attached hydrogen (secondary N) is 2. The molecule has 4 heterocycles. The molecule has 33 heavy (non-hydrogen) atoms. The van der Waals surface area contributed by atoms with Crippen LogP contribution in [0.1, 0.15) is 21.7 Å². The van der Waals surface area contributed by atoms with Gasteiger partial charge in [0.2, 0.25) is 0 Å². The van der Waals surface area contributed by atoms with Crippen LogP contribution in [0.4, 0.5) is 10.1 Å². The summed E-state index contributed by atoms with van der Waals surface area (Å²) >= 11 is 0. The van der Waals surface area contributed by atoms with Crippen molar-refractivity contribution in [1.29, 1.82) is 0 Å². The third kappa shape index (κ3) is 3.84. The Morgan fingerprint density at radius 1 is 1.18 bits per heavy atom. The second-order valence-electron chi connectivity index (χ2n) is 8.33. The van der Waals surface area contributed by atoms with Gasteiger partial charge in [-0.3, -0.25) is 14.5 Å². The van der Waals surface area contributed by atoms with Gasteiger partial charge in [0, 0.05) is 46.0 Å². The van der Waals surface area contributed by atoms with Crippen LogP contribution >= 0.6 is 0 Å². The van der Waals surface area contributed by atoms with Crippen molar-refractivity contribution in [2.24, 2.45) is 0 Å². The minimum absolute atomic E-state index is 0.198. The van der Waals surface area contributed by atoms with Crippen molar-refractivity contribution < 1.29 is 9.18 Å². The first-order valence-electron chi connectivity index (χ1n) is 10.9. The summed E-state index contributed by atoms with van der Waals surface area (Å²) in [6.07, 6.45) is 1.70. The van der Waals surface area contributed by atoms with Crippen molar-refractivity contribution in [2.75, 3.05) is 38.1 Å². The first-order valence-corrected chi connectivity index (χ1v) is 10.9. The maximum absolute atomic E-state index is 15.0. The molecule has 0 radical (unpaired) electrons. The molecule has 0 atom stereocenters. The number of aryl methyl sites for hydroxylation is 1. The predicted molar refractivity (Wildman–Crippen MR) is 125 cm³/mol. The number of hydrogen-bond acceptors (Lipinski definition) is 5. The van der Waals surface area contributed by atoms with Crippen LogP contribution < -0.4 is 15.8 Å². The number of hydrogen-bond donors (Lipinski definition) is 2. The molecular formula is C24H25FN6O2. The van der Waals surface area contributed by atoms with E-state index in [0.29, 0.717) is 28.8 Å². The molecule has 8 nitrogen and oxygen atoms in total. The summed E-state index contributed by atoms with van der Waals surface area (Å²) in [7, 11) is 1.59. The maximum atomic E-state index is 15.0. The number of aromatic nitrogens is 3. The lowest BCUT2D eigenvalue weighted by Crippen LogP contribution is -2.46. The van der Waals surface area contributed by atoms with Crippen LogP contribution in [-0.4, -0.2) is 58.4 Å². The average Bonchev–Trinajstić information content (AvgIpc) is 3.29. The van der Waals surface area contributed by atoms with E-state index >= 15 is 0 Å². The Balaban J connectivity index is 1.31. The highest BCUT2D eigenvalue weighted by Crippen LogP contribution is 2.23. The van der Waals surface area contributed by atoms with Gasteiger partial charge in [-0.05, 0) is 48.9 Å². The Morgan fingerprint density at radius 3 is 2.70 bits per heavy atom. The Morgan fingerprint density at radius 2 is 1.97 bits per heavy atom. The highest BCUT2D eigenvalue weighted by molar-refractivity contribution is 5.92. The van der Waals surface area contributed by atoms with E-state index in [4.69, 9.17) is 0 Å². The zero-order chi connectivity index (χ0) is 23.1. The summed E-state index contributed by atoms with van der Waals surface area (Å²) in [6, 6.07) is 10.5. The fourth-order valence-corrected chi connectivity index (χ4v) is 4.58. The Labute approximate surface area is 189 Å². The molecule has 2 N–H and O–H groups in total. The smallest absolute Gasteiger partial charge is 0.272 e. The fraction of sp³-hybridized carbons (Fsp3) is 0.292. The number of fused-ring (bicyclic) bond motifs is 3. The van der Waals surface area contributed by atoms with Crippen LogP contribution in [0.25, 0.3) is 16.6 Å². The standard InChI is InChI=1S/C24H25FN6O2/c1-15-20(6-5-18(27-15)23(32)26-2)30-10-8-29(9-11-30)14-16-12-17(25)22-19(13-16)28-24(33)21-4-3-7-31(21)22/h3-7,12-13H,8-11,14H2,1-2H3,(H,26,32)(H,28,33). The van der Waals surface area contributed by atoms with Crippen molar-refractivity contribution in [1.82, 2.24) is 24.6 Å². The molecule has 1 amide bonds. The highest BCUT2D eigenvalue weighted by Gasteiger charge is 2.21. The first kappa shape index (κ1) is 21.1. The van der Waals surface area contributed by atoms with Gasteiger partial charge in [0.1, 0.15) is 22.5 Å². The van der Waals surface area contributed by atoms with Gasteiger partial charge in [-0.2, -0.15) is 0 Å². The van der Waals surface area contributed by atoms with E-state index in [0.717, 1.165) is 43.1 Å². The fourth-order valence-electron chi connectivity index (χ4n) is 4.58. The number of amides is 1. The van der Waals surface area contributed by atoms with E-state index in [1.165, 1.54) is 0 Å². The van der Waals surface area contributed by atoms with Gasteiger partial charge in [-0.15, -0.1) is 0 Å². The van der Waals surface area contributed by atoms with Crippen molar-refractivity contribution in [3.8, 4) is 0 Å². The molecule has 1 aliphatic rings. The SMILES string of the molecule is CNC(=O)c1ccc(N2CCN(Cc3cc(F)c4c(c3)[nH]c(=O)c3cccn34)CC2)c(C)n1. The largest absolute Gasteiger partial charge is 0.368 e. The molecule has 0 spiro atoms. The van der Waals surface area contributed by atoms with Gasteiger partial charge in [0.25, 0.3) is 11.5 Å². The predicted octanol–water partition coefficient (Wildman–Crippen LogP) is 2.31. The molecule has 4 aromatic rings. The van der Waals surface area contributed by atoms with Gasteiger partial charge in [-0.1, -0.05) is 0 Å². The van der Waals surface area contributed by atoms with Gasteiger partial charge >= 0.3 is 0 Å². The van der Waals surface area contributed by atoms with Gasteiger partial charge < -0.3 is 19.6 Å². The molecule has 1 aliphatic heterocycles. The number of halogens is 1. The van der Waals surface area contributed by atoms with Crippen molar-refractivity contribution in [3.63, 3.8) is 0 Å². The summed E-state index contributed by atoms with van der Waals surface area (Å²) in [4.78, 5) is 35.9. The lowest BCUT2D eigenvalue weighted by atomic mass is 10.1. The molecular weight excluding hydrogens is 423 g/mol. The third-order valence-electron chi connectivity index (χ3n) is 6.23.